The molecular weight excluding hydrogens is 264 g/mol. The Morgan fingerprint density at radius 3 is 2.39 bits per heavy atom. The molecule has 18 heavy (non-hydrogen) atoms. The fourth-order valence-corrected chi connectivity index (χ4v) is 1.69. The number of amides is 1. The fraction of sp³-hybridized carbons (Fsp3) is 0.778. The van der Waals surface area contributed by atoms with Crippen molar-refractivity contribution in [2.24, 2.45) is 0 Å². The maximum atomic E-state index is 11.4. The van der Waals surface area contributed by atoms with Crippen LogP contribution in [-0.2, 0) is 24.3 Å². The average Bonchev–Trinajstić information content (AvgIpc) is 2.22. The SMILES string of the molecule is CC(C)OCCS(=O)(=O)NCC(=O)NCC(=O)O. The van der Waals surface area contributed by atoms with Crippen LogP contribution in [0, 0.1) is 0 Å². The highest BCUT2D eigenvalue weighted by atomic mass is 32.2. The summed E-state index contributed by atoms with van der Waals surface area (Å²) in [7, 11) is -3.59. The van der Waals surface area contributed by atoms with Gasteiger partial charge in [0.1, 0.15) is 6.54 Å². The van der Waals surface area contributed by atoms with Gasteiger partial charge in [0, 0.05) is 0 Å². The standard InChI is InChI=1S/C9H18N2O6S/c1-7(2)17-3-4-18(15,16)11-5-8(12)10-6-9(13)14/h7,11H,3-6H2,1-2H3,(H,10,12)(H,13,14). The normalized spacial score (nSPS) is 11.5. The van der Waals surface area contributed by atoms with Crippen LogP contribution in [-0.4, -0.2) is 57.0 Å². The summed E-state index contributed by atoms with van der Waals surface area (Å²) in [6.45, 7) is 2.55. The van der Waals surface area contributed by atoms with Crippen LogP contribution in [0.5, 0.6) is 0 Å². The number of carboxylic acid groups (broad SMARTS) is 1. The molecular formula is C9H18N2O6S. The minimum Gasteiger partial charge on any atom is -0.480 e. The molecule has 0 radical (unpaired) electrons. The predicted molar refractivity (Wildman–Crippen MR) is 63.5 cm³/mol. The van der Waals surface area contributed by atoms with Crippen LogP contribution >= 0.6 is 0 Å². The van der Waals surface area contributed by atoms with E-state index in [0.29, 0.717) is 0 Å². The van der Waals surface area contributed by atoms with Crippen LogP contribution in [0.2, 0.25) is 0 Å². The summed E-state index contributed by atoms with van der Waals surface area (Å²) >= 11 is 0. The summed E-state index contributed by atoms with van der Waals surface area (Å²) in [5, 5.41) is 10.3. The van der Waals surface area contributed by atoms with Crippen molar-refractivity contribution in [2.45, 2.75) is 20.0 Å². The van der Waals surface area contributed by atoms with Gasteiger partial charge in [-0.2, -0.15) is 0 Å². The van der Waals surface area contributed by atoms with Gasteiger partial charge in [-0.15, -0.1) is 0 Å². The van der Waals surface area contributed by atoms with Crippen molar-refractivity contribution < 1.29 is 27.9 Å². The van der Waals surface area contributed by atoms with E-state index in [4.69, 9.17) is 9.84 Å². The van der Waals surface area contributed by atoms with Gasteiger partial charge in [-0.1, -0.05) is 0 Å². The van der Waals surface area contributed by atoms with Gasteiger partial charge in [-0.05, 0) is 13.8 Å². The first-order chi connectivity index (χ1) is 8.23. The number of hydrogen-bond donors (Lipinski definition) is 3. The third-order valence-corrected chi connectivity index (χ3v) is 2.98. The van der Waals surface area contributed by atoms with Crippen LogP contribution in [0.1, 0.15) is 13.8 Å². The van der Waals surface area contributed by atoms with E-state index >= 15 is 0 Å². The van der Waals surface area contributed by atoms with E-state index in [1.54, 1.807) is 13.8 Å². The second kappa shape index (κ2) is 8.01. The monoisotopic (exact) mass is 282 g/mol. The number of ether oxygens (including phenoxy) is 1. The zero-order chi connectivity index (χ0) is 14.2. The first kappa shape index (κ1) is 16.8. The maximum Gasteiger partial charge on any atom is 0.322 e. The summed E-state index contributed by atoms with van der Waals surface area (Å²) in [5.74, 6) is -2.15. The maximum absolute atomic E-state index is 11.4. The van der Waals surface area contributed by atoms with E-state index in [0.717, 1.165) is 0 Å². The van der Waals surface area contributed by atoms with E-state index in [-0.39, 0.29) is 18.5 Å². The lowest BCUT2D eigenvalue weighted by Crippen LogP contribution is -2.40. The third-order valence-electron chi connectivity index (χ3n) is 1.69. The molecule has 0 bridgehead atoms. The van der Waals surface area contributed by atoms with E-state index in [1.807, 2.05) is 10.0 Å². The quantitative estimate of drug-likeness (QED) is 0.474. The Hall–Kier alpha value is -1.19. The Morgan fingerprint density at radius 1 is 1.28 bits per heavy atom. The molecule has 8 nitrogen and oxygen atoms in total. The van der Waals surface area contributed by atoms with Crippen molar-refractivity contribution in [3.8, 4) is 0 Å². The molecule has 0 atom stereocenters. The van der Waals surface area contributed by atoms with Gasteiger partial charge in [-0.3, -0.25) is 9.59 Å². The molecule has 0 saturated heterocycles. The lowest BCUT2D eigenvalue weighted by atomic mass is 10.5. The number of carbonyl (C=O) groups excluding carboxylic acids is 1. The Balaban J connectivity index is 3.89. The van der Waals surface area contributed by atoms with Crippen molar-refractivity contribution in [1.82, 2.24) is 10.0 Å². The van der Waals surface area contributed by atoms with Crippen molar-refractivity contribution in [3.05, 3.63) is 0 Å². The number of aliphatic carboxylic acids is 1. The van der Waals surface area contributed by atoms with Gasteiger partial charge in [-0.25, -0.2) is 13.1 Å². The second-order valence-electron chi connectivity index (χ2n) is 3.73. The molecule has 0 aromatic carbocycles. The zero-order valence-corrected chi connectivity index (χ0v) is 11.1. The summed E-state index contributed by atoms with van der Waals surface area (Å²) in [4.78, 5) is 21.2. The Kier molecular flexibility index (Phi) is 7.48. The van der Waals surface area contributed by atoms with E-state index in [2.05, 4.69) is 0 Å². The topological polar surface area (TPSA) is 122 Å². The number of hydrogen-bond acceptors (Lipinski definition) is 5. The van der Waals surface area contributed by atoms with Gasteiger partial charge < -0.3 is 15.2 Å². The fourth-order valence-electron chi connectivity index (χ4n) is 0.878. The number of nitrogens with one attached hydrogen (secondary N) is 2. The Labute approximate surface area is 106 Å². The molecule has 0 saturated carbocycles. The van der Waals surface area contributed by atoms with Gasteiger partial charge in [0.15, 0.2) is 0 Å². The lowest BCUT2D eigenvalue weighted by Gasteiger charge is -2.09. The summed E-state index contributed by atoms with van der Waals surface area (Å²) < 4.78 is 29.8. The number of sulfonamides is 1. The summed E-state index contributed by atoms with van der Waals surface area (Å²) in [6, 6.07) is 0. The molecule has 0 aliphatic rings. The highest BCUT2D eigenvalue weighted by Crippen LogP contribution is 1.90. The van der Waals surface area contributed by atoms with Crippen LogP contribution in [0.15, 0.2) is 0 Å². The van der Waals surface area contributed by atoms with Crippen molar-refractivity contribution >= 4 is 21.9 Å². The molecule has 1 amide bonds. The first-order valence-electron chi connectivity index (χ1n) is 5.30. The van der Waals surface area contributed by atoms with Gasteiger partial charge in [0.05, 0.1) is 25.0 Å². The molecule has 9 heteroatoms. The second-order valence-corrected chi connectivity index (χ2v) is 5.66. The van der Waals surface area contributed by atoms with Crippen LogP contribution < -0.4 is 10.0 Å². The minimum atomic E-state index is -3.59. The molecule has 0 spiro atoms. The molecule has 0 aliphatic carbocycles. The molecule has 0 aromatic rings. The number of carbonyl (C=O) groups is 2. The predicted octanol–water partition coefficient (Wildman–Crippen LogP) is -1.47. The zero-order valence-electron chi connectivity index (χ0n) is 10.3. The van der Waals surface area contributed by atoms with Crippen molar-refractivity contribution in [3.63, 3.8) is 0 Å². The Morgan fingerprint density at radius 2 is 1.89 bits per heavy atom. The third kappa shape index (κ3) is 10.00. The molecule has 0 aliphatic heterocycles. The molecule has 0 aromatic heterocycles. The van der Waals surface area contributed by atoms with Crippen molar-refractivity contribution in [1.29, 1.82) is 0 Å². The molecule has 0 fully saturated rings. The first-order valence-corrected chi connectivity index (χ1v) is 6.95. The highest BCUT2D eigenvalue weighted by molar-refractivity contribution is 7.89. The minimum absolute atomic E-state index is 0.0315. The molecule has 3 N–H and O–H groups in total. The van der Waals surface area contributed by atoms with Crippen LogP contribution in [0.3, 0.4) is 0 Å². The largest absolute Gasteiger partial charge is 0.480 e. The van der Waals surface area contributed by atoms with E-state index in [9.17, 15) is 18.0 Å². The molecule has 0 rings (SSSR count). The van der Waals surface area contributed by atoms with Crippen LogP contribution in [0.25, 0.3) is 0 Å². The lowest BCUT2D eigenvalue weighted by molar-refractivity contribution is -0.137. The Bertz CT molecular complexity index is 379. The van der Waals surface area contributed by atoms with Crippen LogP contribution in [0.4, 0.5) is 0 Å². The highest BCUT2D eigenvalue weighted by Gasteiger charge is 2.13. The van der Waals surface area contributed by atoms with Gasteiger partial charge in [0.25, 0.3) is 0 Å². The van der Waals surface area contributed by atoms with Crippen molar-refractivity contribution in [2.75, 3.05) is 25.4 Å². The van der Waals surface area contributed by atoms with Gasteiger partial charge in [0.2, 0.25) is 15.9 Å². The van der Waals surface area contributed by atoms with E-state index in [1.165, 1.54) is 0 Å². The molecule has 106 valence electrons. The molecule has 0 heterocycles. The average molecular weight is 282 g/mol. The molecule has 0 unspecified atom stereocenters. The van der Waals surface area contributed by atoms with E-state index < -0.39 is 35.0 Å². The smallest absolute Gasteiger partial charge is 0.322 e. The number of rotatable bonds is 9. The van der Waals surface area contributed by atoms with Gasteiger partial charge >= 0.3 is 5.97 Å². The number of carboxylic acids is 1. The summed E-state index contributed by atoms with van der Waals surface area (Å²) in [5.41, 5.74) is 0. The summed E-state index contributed by atoms with van der Waals surface area (Å²) in [6.07, 6.45) is -0.0703.